The minimum absolute atomic E-state index is 0.116. The average molecular weight is 440 g/mol. The highest BCUT2D eigenvalue weighted by molar-refractivity contribution is 5.66. The Bertz CT molecular complexity index is 905. The molecule has 0 bridgehead atoms. The number of nitrogens with two attached hydrogens (primary N) is 1. The van der Waals surface area contributed by atoms with Crippen molar-refractivity contribution >= 4 is 6.09 Å². The first-order valence-corrected chi connectivity index (χ1v) is 10.9. The number of benzene rings is 2. The predicted molar refractivity (Wildman–Crippen MR) is 125 cm³/mol. The summed E-state index contributed by atoms with van der Waals surface area (Å²) in [6.07, 6.45) is 1.77. The zero-order valence-electron chi connectivity index (χ0n) is 18.5. The predicted octanol–water partition coefficient (Wildman–Crippen LogP) is 3.26. The number of aliphatic hydroxyl groups is 1. The van der Waals surface area contributed by atoms with E-state index in [4.69, 9.17) is 10.5 Å². The van der Waals surface area contributed by atoms with Crippen molar-refractivity contribution in [1.82, 2.24) is 10.2 Å². The van der Waals surface area contributed by atoms with Crippen molar-refractivity contribution in [2.75, 3.05) is 20.2 Å². The molecule has 0 aliphatic heterocycles. The van der Waals surface area contributed by atoms with Crippen LogP contribution in [0.25, 0.3) is 0 Å². The lowest BCUT2D eigenvalue weighted by molar-refractivity contribution is 0.119. The van der Waals surface area contributed by atoms with Crippen LogP contribution in [-0.4, -0.2) is 53.6 Å². The molecular weight excluding hydrogens is 406 g/mol. The minimum Gasteiger partial charge on any atom is -0.497 e. The molecule has 1 amide bonds. The fraction of sp³-hybridized carbons (Fsp3) is 0.400. The second kappa shape index (κ2) is 11.1. The van der Waals surface area contributed by atoms with E-state index in [1.54, 1.807) is 13.2 Å². The van der Waals surface area contributed by atoms with Crippen molar-refractivity contribution in [3.05, 3.63) is 77.9 Å². The number of carboxylic acid groups (broad SMARTS) is 1. The van der Waals surface area contributed by atoms with Gasteiger partial charge >= 0.3 is 6.09 Å². The Morgan fingerprint density at radius 3 is 2.72 bits per heavy atom. The normalized spacial score (nSPS) is 19.1. The quantitative estimate of drug-likeness (QED) is 0.400. The molecule has 7 heteroatoms. The van der Waals surface area contributed by atoms with Crippen LogP contribution in [0.1, 0.15) is 41.6 Å². The number of ether oxygens (including phenoxy) is 1. The van der Waals surface area contributed by atoms with Crippen LogP contribution in [-0.2, 0) is 6.42 Å². The van der Waals surface area contributed by atoms with Crippen LogP contribution in [0.4, 0.5) is 4.79 Å². The van der Waals surface area contributed by atoms with E-state index in [0.717, 1.165) is 16.7 Å². The molecule has 0 radical (unpaired) electrons. The van der Waals surface area contributed by atoms with Gasteiger partial charge in [-0.15, -0.1) is 6.58 Å². The summed E-state index contributed by atoms with van der Waals surface area (Å²) < 4.78 is 5.39. The molecule has 0 spiro atoms. The van der Waals surface area contributed by atoms with E-state index < -0.39 is 18.2 Å². The van der Waals surface area contributed by atoms with Crippen LogP contribution in [0.5, 0.6) is 5.75 Å². The van der Waals surface area contributed by atoms with Gasteiger partial charge in [-0.05, 0) is 48.1 Å². The number of nitrogens with zero attached hydrogens (tertiary/aromatic N) is 1. The van der Waals surface area contributed by atoms with Gasteiger partial charge in [0.1, 0.15) is 5.75 Å². The first-order chi connectivity index (χ1) is 15.4. The molecule has 32 heavy (non-hydrogen) atoms. The third kappa shape index (κ3) is 5.68. The van der Waals surface area contributed by atoms with Gasteiger partial charge in [-0.1, -0.05) is 42.5 Å². The highest BCUT2D eigenvalue weighted by atomic mass is 16.5. The number of hydrogen-bond donors (Lipinski definition) is 4. The molecule has 2 aromatic rings. The molecule has 2 aromatic carbocycles. The maximum absolute atomic E-state index is 12.0. The lowest BCUT2D eigenvalue weighted by Gasteiger charge is -2.27. The molecule has 3 rings (SSSR count). The molecule has 7 nitrogen and oxygen atoms in total. The Labute approximate surface area is 189 Å². The minimum atomic E-state index is -0.954. The highest BCUT2D eigenvalue weighted by Gasteiger charge is 2.37. The van der Waals surface area contributed by atoms with E-state index in [2.05, 4.69) is 11.9 Å². The number of aliphatic hydroxyl groups excluding tert-OH is 1. The maximum atomic E-state index is 12.0. The Hall–Kier alpha value is -2.87. The van der Waals surface area contributed by atoms with Gasteiger partial charge in [-0.3, -0.25) is 0 Å². The molecule has 0 aromatic heterocycles. The number of amides is 1. The summed E-state index contributed by atoms with van der Waals surface area (Å²) in [5, 5.41) is 23.8. The largest absolute Gasteiger partial charge is 0.497 e. The summed E-state index contributed by atoms with van der Waals surface area (Å²) in [6.45, 7) is 4.40. The van der Waals surface area contributed by atoms with Crippen molar-refractivity contribution in [1.29, 1.82) is 0 Å². The van der Waals surface area contributed by atoms with Crippen molar-refractivity contribution in [3.63, 3.8) is 0 Å². The first-order valence-electron chi connectivity index (χ1n) is 10.9. The molecule has 1 unspecified atom stereocenters. The van der Waals surface area contributed by atoms with Gasteiger partial charge in [0.2, 0.25) is 0 Å². The Balaban J connectivity index is 1.72. The summed E-state index contributed by atoms with van der Waals surface area (Å²) in [6, 6.07) is 14.8. The van der Waals surface area contributed by atoms with Crippen LogP contribution >= 0.6 is 0 Å². The van der Waals surface area contributed by atoms with Crippen LogP contribution in [0.15, 0.2) is 61.2 Å². The highest BCUT2D eigenvalue weighted by Crippen LogP contribution is 2.43. The summed E-state index contributed by atoms with van der Waals surface area (Å²) in [5.74, 6) is 0.713. The van der Waals surface area contributed by atoms with Crippen LogP contribution in [0.3, 0.4) is 0 Å². The zero-order chi connectivity index (χ0) is 23.1. The molecule has 0 fully saturated rings. The fourth-order valence-electron chi connectivity index (χ4n) is 4.30. The van der Waals surface area contributed by atoms with Gasteiger partial charge in [-0.25, -0.2) is 4.79 Å². The molecule has 1 aliphatic carbocycles. The fourth-order valence-corrected chi connectivity index (χ4v) is 4.30. The standard InChI is InChI=1S/C25H33N3O4/c1-3-4-12-28(25(30)31)23-15-22(20-14-18(32-2)10-11-19(20)23)27-16-24(29)21(26)13-17-8-6-5-7-9-17/h3,5-11,14,21-24,27,29H,1,4,12-13,15-16,26H2,2H3,(H,30,31)/t21-,22-,23?,24+/m0/s1. The summed E-state index contributed by atoms with van der Waals surface area (Å²) >= 11 is 0. The summed E-state index contributed by atoms with van der Waals surface area (Å²) in [7, 11) is 1.61. The van der Waals surface area contributed by atoms with E-state index in [0.29, 0.717) is 38.1 Å². The molecule has 0 saturated carbocycles. The van der Waals surface area contributed by atoms with E-state index in [1.165, 1.54) is 4.90 Å². The molecule has 0 saturated heterocycles. The topological polar surface area (TPSA) is 108 Å². The number of methoxy groups -OCH3 is 1. The summed E-state index contributed by atoms with van der Waals surface area (Å²) in [4.78, 5) is 13.4. The van der Waals surface area contributed by atoms with E-state index in [-0.39, 0.29) is 12.1 Å². The second-order valence-electron chi connectivity index (χ2n) is 8.18. The number of nitrogens with one attached hydrogen (secondary N) is 1. The molecular formula is C25H33N3O4. The first kappa shape index (κ1) is 23.8. The molecule has 4 atom stereocenters. The van der Waals surface area contributed by atoms with Crippen molar-refractivity contribution < 1.29 is 19.7 Å². The van der Waals surface area contributed by atoms with Gasteiger partial charge < -0.3 is 30.9 Å². The molecule has 172 valence electrons. The lowest BCUT2D eigenvalue weighted by atomic mass is 10.0. The van der Waals surface area contributed by atoms with Crippen molar-refractivity contribution in [2.45, 2.75) is 43.5 Å². The van der Waals surface area contributed by atoms with Crippen molar-refractivity contribution in [3.8, 4) is 5.75 Å². The van der Waals surface area contributed by atoms with Crippen LogP contribution in [0.2, 0.25) is 0 Å². The third-order valence-electron chi connectivity index (χ3n) is 6.07. The van der Waals surface area contributed by atoms with E-state index >= 15 is 0 Å². The van der Waals surface area contributed by atoms with Gasteiger partial charge in [0, 0.05) is 25.2 Å². The molecule has 5 N–H and O–H groups in total. The SMILES string of the molecule is C=CCCN(C(=O)O)C1C[C@H](NC[C@@H](O)[C@@H](N)Cc2ccccc2)c2cc(OC)ccc21. The van der Waals surface area contributed by atoms with Gasteiger partial charge in [0.25, 0.3) is 0 Å². The van der Waals surface area contributed by atoms with Crippen molar-refractivity contribution in [2.24, 2.45) is 5.73 Å². The van der Waals surface area contributed by atoms with Gasteiger partial charge in [0.15, 0.2) is 0 Å². The second-order valence-corrected chi connectivity index (χ2v) is 8.18. The van der Waals surface area contributed by atoms with E-state index in [9.17, 15) is 15.0 Å². The van der Waals surface area contributed by atoms with E-state index in [1.807, 2.05) is 48.5 Å². The Morgan fingerprint density at radius 1 is 1.31 bits per heavy atom. The summed E-state index contributed by atoms with van der Waals surface area (Å²) in [5.41, 5.74) is 9.26. The number of rotatable bonds is 11. The zero-order valence-corrected chi connectivity index (χ0v) is 18.5. The van der Waals surface area contributed by atoms with Gasteiger partial charge in [-0.2, -0.15) is 0 Å². The molecule has 0 heterocycles. The smallest absolute Gasteiger partial charge is 0.407 e. The Kier molecular flexibility index (Phi) is 8.27. The number of hydrogen-bond acceptors (Lipinski definition) is 5. The average Bonchev–Trinajstić information content (AvgIpc) is 3.15. The molecule has 1 aliphatic rings. The number of carbonyl (C=O) groups is 1. The van der Waals surface area contributed by atoms with Crippen LogP contribution < -0.4 is 15.8 Å². The maximum Gasteiger partial charge on any atom is 0.407 e. The lowest BCUT2D eigenvalue weighted by Crippen LogP contribution is -2.43. The third-order valence-corrected chi connectivity index (χ3v) is 6.07. The Morgan fingerprint density at radius 2 is 2.06 bits per heavy atom. The monoisotopic (exact) mass is 439 g/mol. The van der Waals surface area contributed by atoms with Gasteiger partial charge in [0.05, 0.1) is 19.3 Å². The van der Waals surface area contributed by atoms with Crippen LogP contribution in [0, 0.1) is 0 Å². The number of fused-ring (bicyclic) bond motifs is 1.